The number of rotatable bonds is 64. The molecule has 4 N–H and O–H groups in total. The van der Waals surface area contributed by atoms with E-state index in [1.807, 2.05) is 21.6 Å². The summed E-state index contributed by atoms with van der Waals surface area (Å²) in [6.45, 7) is 23.9. The Balaban J connectivity index is 2.45. The first-order valence-electron chi connectivity index (χ1n) is 36.1. The van der Waals surface area contributed by atoms with Gasteiger partial charge in [-0.1, -0.05) is 153 Å². The molecule has 0 spiro atoms. The van der Waals surface area contributed by atoms with E-state index in [0.29, 0.717) is 148 Å². The van der Waals surface area contributed by atoms with Crippen molar-refractivity contribution in [2.24, 2.45) is 11.8 Å². The molecular weight excluding hydrogens is 1180 g/mol. The van der Waals surface area contributed by atoms with Gasteiger partial charge >= 0.3 is 29.8 Å². The third kappa shape index (κ3) is 56.1. The lowest BCUT2D eigenvalue weighted by atomic mass is 10.1. The van der Waals surface area contributed by atoms with Gasteiger partial charge < -0.3 is 44.1 Å². The van der Waals surface area contributed by atoms with Gasteiger partial charge in [0, 0.05) is 109 Å². The zero-order valence-electron chi connectivity index (χ0n) is 57.9. The van der Waals surface area contributed by atoms with Crippen molar-refractivity contribution in [3.8, 4) is 0 Å². The van der Waals surface area contributed by atoms with Crippen molar-refractivity contribution >= 4 is 51.4 Å². The number of esters is 5. The molecule has 4 unspecified atom stereocenters. The van der Waals surface area contributed by atoms with Crippen LogP contribution in [0.4, 0.5) is 0 Å². The third-order valence-electron chi connectivity index (χ3n) is 16.5. The summed E-state index contributed by atoms with van der Waals surface area (Å²) in [6, 6.07) is 0. The smallest absolute Gasteiger partial charge is 0.305 e. The molecule has 0 saturated carbocycles. The molecule has 18 nitrogen and oxygen atoms in total. The van der Waals surface area contributed by atoms with E-state index in [1.54, 1.807) is 0 Å². The number of ether oxygens (including phenoxy) is 5. The van der Waals surface area contributed by atoms with E-state index in [4.69, 9.17) is 23.7 Å². The molecule has 0 aromatic rings. The van der Waals surface area contributed by atoms with Crippen LogP contribution in [0, 0.1) is 11.8 Å². The summed E-state index contributed by atoms with van der Waals surface area (Å²) in [5, 5.41) is 44.3. The Morgan fingerprint density at radius 1 is 0.356 bits per heavy atom. The van der Waals surface area contributed by atoms with Crippen molar-refractivity contribution < 1.29 is 68.1 Å². The summed E-state index contributed by atoms with van der Waals surface area (Å²) in [5.41, 5.74) is 0. The van der Waals surface area contributed by atoms with Crippen LogP contribution in [0.1, 0.15) is 260 Å². The zero-order valence-corrected chi connectivity index (χ0v) is 59.6. The summed E-state index contributed by atoms with van der Waals surface area (Å²) in [7, 11) is 3.79. The van der Waals surface area contributed by atoms with Crippen LogP contribution in [0.3, 0.4) is 0 Å². The standard InChI is InChI=1S/C70H134N4O14S2/c1-7-9-49-84-66(79)34-23-15-11-19-30-62(75)56-73(57-63(76)31-20-12-16-24-35-67(80)85-50-10-8-2)41-28-27-38-70(83)88-53-47-71-43-45-72(46-44-71)48-55-90-89-54-29-42-74(58-64(77)32-21-13-17-25-36-68(81)86-51-39-60(3)4)59-65(78)33-22-14-18-26-37-69(82)87-52-40-61(5)6/h60-65,75-78H,7-59H2,1-6H3. The van der Waals surface area contributed by atoms with E-state index < -0.39 is 24.4 Å². The fourth-order valence-corrected chi connectivity index (χ4v) is 12.8. The summed E-state index contributed by atoms with van der Waals surface area (Å²) in [4.78, 5) is 70.0. The maximum Gasteiger partial charge on any atom is 0.305 e. The number of carbonyl (C=O) groups is 5. The second-order valence-electron chi connectivity index (χ2n) is 26.3. The molecule has 0 bridgehead atoms. The molecule has 0 aromatic carbocycles. The second kappa shape index (κ2) is 60.4. The number of piperazine rings is 1. The second-order valence-corrected chi connectivity index (χ2v) is 29.0. The molecule has 0 amide bonds. The van der Waals surface area contributed by atoms with Gasteiger partial charge in [0.15, 0.2) is 0 Å². The van der Waals surface area contributed by atoms with E-state index in [0.717, 1.165) is 205 Å². The Bertz CT molecular complexity index is 1630. The summed E-state index contributed by atoms with van der Waals surface area (Å²) < 4.78 is 26.9. The number of hydrogen-bond donors (Lipinski definition) is 4. The third-order valence-corrected chi connectivity index (χ3v) is 19.0. The first kappa shape index (κ1) is 85.7. The summed E-state index contributed by atoms with van der Waals surface area (Å²) >= 11 is 0. The maximum absolute atomic E-state index is 12.8. The first-order valence-corrected chi connectivity index (χ1v) is 38.6. The molecule has 530 valence electrons. The van der Waals surface area contributed by atoms with Crippen LogP contribution < -0.4 is 0 Å². The van der Waals surface area contributed by atoms with E-state index >= 15 is 0 Å². The maximum atomic E-state index is 12.8. The minimum atomic E-state index is -0.536. The van der Waals surface area contributed by atoms with Crippen molar-refractivity contribution in [3.05, 3.63) is 0 Å². The van der Waals surface area contributed by atoms with Gasteiger partial charge in [-0.25, -0.2) is 0 Å². The SMILES string of the molecule is CCCCOC(=O)CCCCCCC(O)CN(CCCCC(=O)OCCN1CCN(CCSSCCCN(CC(O)CCCCCCC(=O)OCCC(C)C)CC(O)CCCCCCC(=O)OCCC(C)C)CC1)CC(O)CCCCCCC(=O)OCCCC. The van der Waals surface area contributed by atoms with Crippen molar-refractivity contribution in [1.82, 2.24) is 19.6 Å². The molecule has 4 atom stereocenters. The van der Waals surface area contributed by atoms with E-state index in [2.05, 4.69) is 61.1 Å². The van der Waals surface area contributed by atoms with Gasteiger partial charge in [-0.3, -0.25) is 43.6 Å². The molecule has 90 heavy (non-hydrogen) atoms. The van der Waals surface area contributed by atoms with Crippen LogP contribution in [-0.2, 0) is 47.7 Å². The quantitative estimate of drug-likeness (QED) is 0.0192. The molecule has 0 aromatic heterocycles. The Morgan fingerprint density at radius 3 is 1.01 bits per heavy atom. The average Bonchev–Trinajstić information content (AvgIpc) is 3.71. The number of carbonyl (C=O) groups excluding carboxylic acids is 5. The first-order chi connectivity index (χ1) is 43.5. The topological polar surface area (TPSA) is 225 Å². The average molecular weight is 1320 g/mol. The highest BCUT2D eigenvalue weighted by Gasteiger charge is 2.21. The molecule has 1 rings (SSSR count). The normalized spacial score (nSPS) is 14.6. The van der Waals surface area contributed by atoms with Crippen molar-refractivity contribution in [2.45, 2.75) is 284 Å². The van der Waals surface area contributed by atoms with Crippen LogP contribution in [0.2, 0.25) is 0 Å². The van der Waals surface area contributed by atoms with Gasteiger partial charge in [0.2, 0.25) is 0 Å². The lowest BCUT2D eigenvalue weighted by molar-refractivity contribution is -0.145. The number of hydrogen-bond acceptors (Lipinski definition) is 20. The fourth-order valence-electron chi connectivity index (χ4n) is 10.7. The Morgan fingerprint density at radius 2 is 0.656 bits per heavy atom. The van der Waals surface area contributed by atoms with Crippen LogP contribution in [-0.4, -0.2) is 217 Å². The zero-order chi connectivity index (χ0) is 66.1. The number of aliphatic hydroxyl groups is 4. The largest absolute Gasteiger partial charge is 0.466 e. The Kier molecular flexibility index (Phi) is 57.5. The molecule has 1 fully saturated rings. The lowest BCUT2D eigenvalue weighted by Gasteiger charge is -2.34. The molecule has 0 radical (unpaired) electrons. The van der Waals surface area contributed by atoms with Gasteiger partial charge in [-0.05, 0) is 121 Å². The molecule has 1 aliphatic heterocycles. The minimum absolute atomic E-state index is 0.122. The number of nitrogens with zero attached hydrogens (tertiary/aromatic N) is 4. The predicted octanol–water partition coefficient (Wildman–Crippen LogP) is 12.4. The van der Waals surface area contributed by atoms with E-state index in [9.17, 15) is 44.4 Å². The summed E-state index contributed by atoms with van der Waals surface area (Å²) in [6.07, 6.45) is 24.8. The molecule has 1 heterocycles. The highest BCUT2D eigenvalue weighted by molar-refractivity contribution is 8.76. The predicted molar refractivity (Wildman–Crippen MR) is 368 cm³/mol. The molecule has 20 heteroatoms. The van der Waals surface area contributed by atoms with Crippen molar-refractivity contribution in [3.63, 3.8) is 0 Å². The van der Waals surface area contributed by atoms with E-state index in [-0.39, 0.29) is 29.8 Å². The number of aliphatic hydroxyl groups excluding tert-OH is 4. The summed E-state index contributed by atoms with van der Waals surface area (Å²) in [5.74, 6) is 2.33. The fraction of sp³-hybridized carbons (Fsp3) is 0.929. The highest BCUT2D eigenvalue weighted by atomic mass is 33.1. The monoisotopic (exact) mass is 1320 g/mol. The van der Waals surface area contributed by atoms with Crippen LogP contribution in [0.15, 0.2) is 0 Å². The minimum Gasteiger partial charge on any atom is -0.466 e. The van der Waals surface area contributed by atoms with Gasteiger partial charge in [-0.2, -0.15) is 0 Å². The Hall–Kier alpha value is -2.27. The van der Waals surface area contributed by atoms with Gasteiger partial charge in [0.25, 0.3) is 0 Å². The van der Waals surface area contributed by atoms with Crippen LogP contribution >= 0.6 is 21.6 Å². The van der Waals surface area contributed by atoms with Gasteiger partial charge in [0.1, 0.15) is 6.61 Å². The van der Waals surface area contributed by atoms with Crippen molar-refractivity contribution in [2.75, 3.05) is 123 Å². The molecule has 1 saturated heterocycles. The molecule has 1 aliphatic rings. The van der Waals surface area contributed by atoms with E-state index in [1.165, 1.54) is 0 Å². The van der Waals surface area contributed by atoms with Gasteiger partial charge in [-0.15, -0.1) is 0 Å². The Labute approximate surface area is 555 Å². The number of unbranched alkanes of at least 4 members (excludes halogenated alkanes) is 15. The van der Waals surface area contributed by atoms with Gasteiger partial charge in [0.05, 0.1) is 50.8 Å². The van der Waals surface area contributed by atoms with Crippen LogP contribution in [0.5, 0.6) is 0 Å². The van der Waals surface area contributed by atoms with Crippen molar-refractivity contribution in [1.29, 1.82) is 0 Å². The van der Waals surface area contributed by atoms with Crippen LogP contribution in [0.25, 0.3) is 0 Å². The lowest BCUT2D eigenvalue weighted by Crippen LogP contribution is -2.47. The molecule has 0 aliphatic carbocycles. The molecular formula is C70H134N4O14S2. The highest BCUT2D eigenvalue weighted by Crippen LogP contribution is 2.23.